The Morgan fingerprint density at radius 3 is 2.81 bits per heavy atom. The molecule has 0 aliphatic rings. The highest BCUT2D eigenvalue weighted by Gasteiger charge is 2.10. The number of nitrogens with zero attached hydrogens (tertiary/aromatic N) is 2. The number of carbonyl (C=O) groups is 1. The van der Waals surface area contributed by atoms with Crippen LogP contribution in [0.4, 0.5) is 0 Å². The lowest BCUT2D eigenvalue weighted by atomic mass is 10.0. The van der Waals surface area contributed by atoms with Gasteiger partial charge >= 0.3 is 0 Å². The van der Waals surface area contributed by atoms with Crippen LogP contribution in [0.15, 0.2) is 47.5 Å². The number of pyridine rings is 1. The number of benzene rings is 1. The molecule has 2 aromatic heterocycles. The third-order valence-corrected chi connectivity index (χ3v) is 4.39. The second-order valence-corrected chi connectivity index (χ2v) is 6.51. The molecule has 3 aromatic rings. The molecule has 1 aromatic carbocycles. The summed E-state index contributed by atoms with van der Waals surface area (Å²) >= 11 is 0. The van der Waals surface area contributed by atoms with E-state index in [1.165, 1.54) is 0 Å². The van der Waals surface area contributed by atoms with Crippen molar-refractivity contribution in [2.75, 3.05) is 0 Å². The van der Waals surface area contributed by atoms with Crippen LogP contribution >= 0.6 is 0 Å². The number of aromatic amines is 1. The molecule has 1 amide bonds. The van der Waals surface area contributed by atoms with Crippen LogP contribution in [-0.4, -0.2) is 22.1 Å². The first-order valence-electron chi connectivity index (χ1n) is 9.09. The number of hydrogen-bond acceptors (Lipinski definition) is 3. The van der Waals surface area contributed by atoms with E-state index in [1.807, 2.05) is 44.3 Å². The Hall–Kier alpha value is -3.21. The first kappa shape index (κ1) is 18.6. The Labute approximate surface area is 159 Å². The molecule has 0 fully saturated rings. The van der Waals surface area contributed by atoms with E-state index in [0.29, 0.717) is 12.1 Å². The molecule has 0 aliphatic heterocycles. The van der Waals surface area contributed by atoms with Gasteiger partial charge < -0.3 is 10.7 Å². The van der Waals surface area contributed by atoms with Crippen LogP contribution in [0.1, 0.15) is 53.3 Å². The van der Waals surface area contributed by atoms with Gasteiger partial charge in [-0.05, 0) is 55.7 Å². The predicted octanol–water partition coefficient (Wildman–Crippen LogP) is 4.40. The van der Waals surface area contributed by atoms with E-state index in [9.17, 15) is 4.79 Å². The van der Waals surface area contributed by atoms with E-state index in [4.69, 9.17) is 10.7 Å². The van der Waals surface area contributed by atoms with Gasteiger partial charge in [0.25, 0.3) is 5.91 Å². The topological polar surface area (TPSA) is 84.1 Å². The maximum Gasteiger partial charge on any atom is 0.265 e. The molecule has 5 nitrogen and oxygen atoms in total. The molecule has 27 heavy (non-hydrogen) atoms. The minimum Gasteiger partial charge on any atom is -0.364 e. The molecular formula is C22H24N4O. The highest BCUT2D eigenvalue weighted by atomic mass is 16.1. The van der Waals surface area contributed by atoms with Crippen molar-refractivity contribution in [2.24, 2.45) is 10.7 Å². The Balaban J connectivity index is 1.92. The number of primary amides is 1. The van der Waals surface area contributed by atoms with E-state index in [1.54, 1.807) is 6.07 Å². The quantitative estimate of drug-likeness (QED) is 0.638. The summed E-state index contributed by atoms with van der Waals surface area (Å²) in [5.41, 5.74) is 11.7. The summed E-state index contributed by atoms with van der Waals surface area (Å²) in [6, 6.07) is 12.0. The summed E-state index contributed by atoms with van der Waals surface area (Å²) in [4.78, 5) is 23.8. The van der Waals surface area contributed by atoms with Crippen molar-refractivity contribution in [3.8, 4) is 0 Å². The van der Waals surface area contributed by atoms with Gasteiger partial charge in [-0.25, -0.2) is 0 Å². The lowest BCUT2D eigenvalue weighted by Crippen LogP contribution is -2.10. The zero-order valence-electron chi connectivity index (χ0n) is 15.9. The molecule has 5 heteroatoms. The number of aryl methyl sites for hydroxylation is 1. The number of aliphatic imine (C=N–C) groups is 1. The van der Waals surface area contributed by atoms with Crippen molar-refractivity contribution in [2.45, 2.75) is 33.6 Å². The Morgan fingerprint density at radius 2 is 2.11 bits per heavy atom. The zero-order chi connectivity index (χ0) is 19.4. The van der Waals surface area contributed by atoms with Crippen molar-refractivity contribution < 1.29 is 4.79 Å². The monoisotopic (exact) mass is 360 g/mol. The summed E-state index contributed by atoms with van der Waals surface area (Å²) in [5, 5.41) is 0.983. The minimum atomic E-state index is -0.451. The molecule has 2 heterocycles. The predicted molar refractivity (Wildman–Crippen MR) is 111 cm³/mol. The summed E-state index contributed by atoms with van der Waals surface area (Å²) in [6.07, 6.45) is 5.46. The number of amides is 1. The Morgan fingerprint density at radius 1 is 1.30 bits per heavy atom. The van der Waals surface area contributed by atoms with E-state index in [-0.39, 0.29) is 0 Å². The van der Waals surface area contributed by atoms with Crippen LogP contribution in [0.25, 0.3) is 16.6 Å². The van der Waals surface area contributed by atoms with Crippen LogP contribution in [-0.2, 0) is 6.42 Å². The maximum atomic E-state index is 11.4. The molecular weight excluding hydrogens is 336 g/mol. The fourth-order valence-electron chi connectivity index (χ4n) is 3.15. The van der Waals surface area contributed by atoms with E-state index < -0.39 is 5.91 Å². The number of nitrogens with two attached hydrogens (primary N) is 1. The fraction of sp³-hybridized carbons (Fsp3) is 0.227. The average molecular weight is 360 g/mol. The summed E-state index contributed by atoms with van der Waals surface area (Å²) in [7, 11) is 0. The highest BCUT2D eigenvalue weighted by Crippen LogP contribution is 2.23. The third kappa shape index (κ3) is 4.14. The van der Waals surface area contributed by atoms with Crippen molar-refractivity contribution in [3.63, 3.8) is 0 Å². The second-order valence-electron chi connectivity index (χ2n) is 6.51. The number of allylic oxidation sites excluding steroid dienone is 1. The van der Waals surface area contributed by atoms with Crippen molar-refractivity contribution in [1.82, 2.24) is 9.97 Å². The van der Waals surface area contributed by atoms with Gasteiger partial charge in [-0.1, -0.05) is 25.1 Å². The number of fused-ring (bicyclic) bond motifs is 1. The van der Waals surface area contributed by atoms with Crippen LogP contribution in [0, 0.1) is 6.92 Å². The van der Waals surface area contributed by atoms with Crippen molar-refractivity contribution in [1.29, 1.82) is 0 Å². The average Bonchev–Trinajstić information content (AvgIpc) is 3.08. The summed E-state index contributed by atoms with van der Waals surface area (Å²) < 4.78 is 0. The largest absolute Gasteiger partial charge is 0.364 e. The Bertz CT molecular complexity index is 1040. The van der Waals surface area contributed by atoms with Crippen LogP contribution < -0.4 is 5.73 Å². The highest BCUT2D eigenvalue weighted by molar-refractivity contribution is 5.98. The zero-order valence-corrected chi connectivity index (χ0v) is 15.9. The number of aromatic nitrogens is 2. The molecule has 0 bridgehead atoms. The number of H-pyrrole nitrogens is 1. The molecule has 3 N–H and O–H groups in total. The van der Waals surface area contributed by atoms with Crippen LogP contribution in [0.2, 0.25) is 0 Å². The molecule has 0 saturated carbocycles. The van der Waals surface area contributed by atoms with Crippen LogP contribution in [0.5, 0.6) is 0 Å². The number of hydrogen-bond donors (Lipinski definition) is 2. The lowest BCUT2D eigenvalue weighted by Gasteiger charge is -2.07. The van der Waals surface area contributed by atoms with Crippen LogP contribution in [0.3, 0.4) is 0 Å². The molecule has 138 valence electrons. The molecule has 3 rings (SSSR count). The van der Waals surface area contributed by atoms with Gasteiger partial charge in [-0.15, -0.1) is 0 Å². The summed E-state index contributed by atoms with van der Waals surface area (Å²) in [5.74, 6) is -0.451. The van der Waals surface area contributed by atoms with E-state index in [2.05, 4.69) is 29.0 Å². The standard InChI is InChI=1S/C22H24N4O/c1-4-9-24-18(5-2)19-8-6-7-17(25-19)12-15-10-14(3)21-16(11-15)13-20(26-21)22(23)27/h5-11,13,26H,4,12H2,1-3H3,(H2,23,27)/b18-5-,24-9?. The first-order chi connectivity index (χ1) is 13.0. The smallest absolute Gasteiger partial charge is 0.265 e. The van der Waals surface area contributed by atoms with Gasteiger partial charge in [-0.2, -0.15) is 0 Å². The molecule has 0 spiro atoms. The number of rotatable bonds is 6. The van der Waals surface area contributed by atoms with E-state index in [0.717, 1.165) is 45.5 Å². The first-order valence-corrected chi connectivity index (χ1v) is 9.09. The SMILES string of the molecule is C/C=C(\N=CCC)c1cccc(Cc2cc(C)c3[nH]c(C(N)=O)cc3c2)n1. The normalized spacial score (nSPS) is 12.2. The molecule has 0 atom stereocenters. The van der Waals surface area contributed by atoms with Crippen molar-refractivity contribution >= 4 is 28.7 Å². The second kappa shape index (κ2) is 7.99. The maximum absolute atomic E-state index is 11.4. The van der Waals surface area contributed by atoms with Gasteiger partial charge in [0.05, 0.1) is 11.4 Å². The molecule has 0 radical (unpaired) electrons. The number of carbonyl (C=O) groups excluding carboxylic acids is 1. The Kier molecular flexibility index (Phi) is 5.50. The summed E-state index contributed by atoms with van der Waals surface area (Å²) in [6.45, 7) is 6.05. The van der Waals surface area contributed by atoms with Crippen molar-refractivity contribution in [3.05, 3.63) is 70.7 Å². The van der Waals surface area contributed by atoms with E-state index >= 15 is 0 Å². The minimum absolute atomic E-state index is 0.428. The number of nitrogens with one attached hydrogen (secondary N) is 1. The third-order valence-electron chi connectivity index (χ3n) is 4.39. The molecule has 0 unspecified atom stereocenters. The van der Waals surface area contributed by atoms with Gasteiger partial charge in [-0.3, -0.25) is 14.8 Å². The molecule has 0 saturated heterocycles. The molecule has 0 aliphatic carbocycles. The van der Waals surface area contributed by atoms with Gasteiger partial charge in [0, 0.05) is 29.2 Å². The fourth-order valence-corrected chi connectivity index (χ4v) is 3.15. The van der Waals surface area contributed by atoms with Gasteiger partial charge in [0.2, 0.25) is 0 Å². The lowest BCUT2D eigenvalue weighted by molar-refractivity contribution is 0.0996. The van der Waals surface area contributed by atoms with Gasteiger partial charge in [0.15, 0.2) is 0 Å². The van der Waals surface area contributed by atoms with Gasteiger partial charge in [0.1, 0.15) is 5.69 Å².